The number of hydrogen-bond acceptors (Lipinski definition) is 3. The Morgan fingerprint density at radius 3 is 2.88 bits per heavy atom. The van der Waals surface area contributed by atoms with Gasteiger partial charge in [0.15, 0.2) is 0 Å². The van der Waals surface area contributed by atoms with Crippen molar-refractivity contribution in [3.05, 3.63) is 0 Å². The van der Waals surface area contributed by atoms with Gasteiger partial charge in [-0.3, -0.25) is 0 Å². The lowest BCUT2D eigenvalue weighted by atomic mass is 10.2. The summed E-state index contributed by atoms with van der Waals surface area (Å²) in [6, 6.07) is 0. The van der Waals surface area contributed by atoms with E-state index in [-0.39, 0.29) is 0 Å². The third kappa shape index (κ3) is 0.816. The zero-order valence-electron chi connectivity index (χ0n) is 5.05. The van der Waals surface area contributed by atoms with Crippen molar-refractivity contribution in [1.82, 2.24) is 0 Å². The second-order valence-electron chi connectivity index (χ2n) is 1.92. The lowest BCUT2D eigenvalue weighted by molar-refractivity contribution is -0.192. The molecule has 1 heterocycles. The van der Waals surface area contributed by atoms with E-state index in [9.17, 15) is 0 Å². The molecule has 1 aliphatic rings. The maximum Gasteiger partial charge on any atom is 0.238 e. The fourth-order valence-corrected chi connectivity index (χ4v) is 0.510. The van der Waals surface area contributed by atoms with Gasteiger partial charge in [0.05, 0.1) is 12.6 Å². The van der Waals surface area contributed by atoms with Gasteiger partial charge in [-0.2, -0.15) is 0 Å². The first-order valence-electron chi connectivity index (χ1n) is 2.52. The van der Waals surface area contributed by atoms with E-state index in [2.05, 4.69) is 5.16 Å². The fourth-order valence-electron chi connectivity index (χ4n) is 0.510. The lowest BCUT2D eigenvalue weighted by Gasteiger charge is -2.17. The molecular formula is C5H9NO2. The third-order valence-electron chi connectivity index (χ3n) is 1.21. The molecule has 46 valence electrons. The Labute approximate surface area is 48.3 Å². The van der Waals surface area contributed by atoms with Crippen molar-refractivity contribution < 1.29 is 9.57 Å². The molecule has 3 nitrogen and oxygen atoms in total. The summed E-state index contributed by atoms with van der Waals surface area (Å²) in [5, 5.41) is 3.56. The highest BCUT2D eigenvalue weighted by atomic mass is 16.8. The lowest BCUT2D eigenvalue weighted by Crippen LogP contribution is -2.25. The van der Waals surface area contributed by atoms with Gasteiger partial charge >= 0.3 is 0 Å². The summed E-state index contributed by atoms with van der Waals surface area (Å²) in [5.41, 5.74) is 0. The van der Waals surface area contributed by atoms with Crippen LogP contribution in [0.15, 0.2) is 5.16 Å². The molecule has 0 bridgehead atoms. The number of rotatable bonds is 1. The minimum Gasteiger partial charge on any atom is -0.361 e. The highest BCUT2D eigenvalue weighted by Gasteiger charge is 2.27. The monoisotopic (exact) mass is 115 g/mol. The van der Waals surface area contributed by atoms with Gasteiger partial charge in [0, 0.05) is 14.0 Å². The first kappa shape index (κ1) is 5.56. The van der Waals surface area contributed by atoms with Crippen LogP contribution in [0.1, 0.15) is 13.3 Å². The molecule has 0 aromatic heterocycles. The van der Waals surface area contributed by atoms with Crippen LogP contribution in [-0.4, -0.2) is 19.1 Å². The molecule has 0 saturated carbocycles. The topological polar surface area (TPSA) is 30.8 Å². The van der Waals surface area contributed by atoms with Crippen molar-refractivity contribution in [2.45, 2.75) is 19.1 Å². The molecule has 0 N–H and O–H groups in total. The minimum atomic E-state index is -0.486. The maximum absolute atomic E-state index is 4.95. The molecule has 1 aliphatic heterocycles. The van der Waals surface area contributed by atoms with Gasteiger partial charge in [0.2, 0.25) is 5.79 Å². The van der Waals surface area contributed by atoms with Crippen LogP contribution >= 0.6 is 0 Å². The molecule has 3 heteroatoms. The van der Waals surface area contributed by atoms with E-state index < -0.39 is 5.79 Å². The van der Waals surface area contributed by atoms with Crippen molar-refractivity contribution in [3.8, 4) is 0 Å². The molecule has 0 aromatic rings. The van der Waals surface area contributed by atoms with Crippen LogP contribution in [0.4, 0.5) is 0 Å². The fraction of sp³-hybridized carbons (Fsp3) is 0.800. The highest BCUT2D eigenvalue weighted by molar-refractivity contribution is 5.59. The van der Waals surface area contributed by atoms with Crippen LogP contribution in [0.5, 0.6) is 0 Å². The van der Waals surface area contributed by atoms with E-state index in [1.54, 1.807) is 13.3 Å². The van der Waals surface area contributed by atoms with Gasteiger partial charge in [-0.15, -0.1) is 0 Å². The second-order valence-corrected chi connectivity index (χ2v) is 1.92. The molecule has 8 heavy (non-hydrogen) atoms. The largest absolute Gasteiger partial charge is 0.361 e. The Morgan fingerprint density at radius 1 is 1.88 bits per heavy atom. The van der Waals surface area contributed by atoms with Crippen LogP contribution in [0.25, 0.3) is 0 Å². The first-order valence-corrected chi connectivity index (χ1v) is 2.52. The molecule has 0 fully saturated rings. The molecule has 0 radical (unpaired) electrons. The SMILES string of the molecule is COC1(C)CC=NO1. The third-order valence-corrected chi connectivity index (χ3v) is 1.21. The quantitative estimate of drug-likeness (QED) is 0.505. The summed E-state index contributed by atoms with van der Waals surface area (Å²) in [5.74, 6) is -0.486. The van der Waals surface area contributed by atoms with E-state index in [1.165, 1.54) is 0 Å². The van der Waals surface area contributed by atoms with E-state index in [0.717, 1.165) is 6.42 Å². The summed E-state index contributed by atoms with van der Waals surface area (Å²) in [6.07, 6.45) is 2.44. The Bertz CT molecular complexity index is 103. The molecule has 0 aliphatic carbocycles. The molecule has 1 atom stereocenters. The summed E-state index contributed by atoms with van der Waals surface area (Å²) in [4.78, 5) is 4.84. The van der Waals surface area contributed by atoms with Crippen LogP contribution in [0.2, 0.25) is 0 Å². The minimum absolute atomic E-state index is 0.486. The molecule has 0 saturated heterocycles. The smallest absolute Gasteiger partial charge is 0.238 e. The summed E-state index contributed by atoms with van der Waals surface area (Å²) < 4.78 is 4.95. The standard InChI is InChI=1S/C5H9NO2/c1-5(7-2)3-4-6-8-5/h4H,3H2,1-2H3. The Balaban J connectivity index is 2.46. The van der Waals surface area contributed by atoms with Crippen molar-refractivity contribution >= 4 is 6.21 Å². The van der Waals surface area contributed by atoms with Gasteiger partial charge in [-0.1, -0.05) is 5.16 Å². The van der Waals surface area contributed by atoms with Crippen LogP contribution in [0, 0.1) is 0 Å². The molecule has 0 spiro atoms. The van der Waals surface area contributed by atoms with Crippen molar-refractivity contribution in [2.24, 2.45) is 5.16 Å². The molecule has 1 unspecified atom stereocenters. The Morgan fingerprint density at radius 2 is 2.62 bits per heavy atom. The Kier molecular flexibility index (Phi) is 1.21. The van der Waals surface area contributed by atoms with Gasteiger partial charge in [0.1, 0.15) is 0 Å². The second kappa shape index (κ2) is 1.74. The van der Waals surface area contributed by atoms with E-state index in [0.29, 0.717) is 0 Å². The number of hydrogen-bond donors (Lipinski definition) is 0. The predicted octanol–water partition coefficient (Wildman–Crippen LogP) is 0.755. The van der Waals surface area contributed by atoms with Gasteiger partial charge < -0.3 is 9.57 Å². The summed E-state index contributed by atoms with van der Waals surface area (Å²) >= 11 is 0. The average Bonchev–Trinajstić information content (AvgIpc) is 2.17. The van der Waals surface area contributed by atoms with E-state index in [4.69, 9.17) is 9.57 Å². The van der Waals surface area contributed by atoms with Crippen LogP contribution in [0.3, 0.4) is 0 Å². The zero-order chi connectivity index (χ0) is 6.04. The zero-order valence-corrected chi connectivity index (χ0v) is 5.05. The maximum atomic E-state index is 4.95. The molecular weight excluding hydrogens is 106 g/mol. The van der Waals surface area contributed by atoms with Crippen LogP contribution in [-0.2, 0) is 9.57 Å². The van der Waals surface area contributed by atoms with E-state index >= 15 is 0 Å². The van der Waals surface area contributed by atoms with Gasteiger partial charge in [0.25, 0.3) is 0 Å². The molecule has 1 rings (SSSR count). The number of ether oxygens (including phenoxy) is 1. The summed E-state index contributed by atoms with van der Waals surface area (Å²) in [7, 11) is 1.61. The van der Waals surface area contributed by atoms with Crippen molar-refractivity contribution in [3.63, 3.8) is 0 Å². The first-order chi connectivity index (χ1) is 3.77. The summed E-state index contributed by atoms with van der Waals surface area (Å²) in [6.45, 7) is 1.85. The number of nitrogens with zero attached hydrogens (tertiary/aromatic N) is 1. The number of oxime groups is 1. The van der Waals surface area contributed by atoms with Crippen molar-refractivity contribution in [1.29, 1.82) is 0 Å². The van der Waals surface area contributed by atoms with E-state index in [1.807, 2.05) is 6.92 Å². The molecule has 0 aromatic carbocycles. The van der Waals surface area contributed by atoms with Crippen molar-refractivity contribution in [2.75, 3.05) is 7.11 Å². The molecule has 0 amide bonds. The average molecular weight is 115 g/mol. The van der Waals surface area contributed by atoms with Crippen LogP contribution < -0.4 is 0 Å². The Hall–Kier alpha value is -0.570. The predicted molar refractivity (Wildman–Crippen MR) is 29.6 cm³/mol. The number of methoxy groups -OCH3 is 1. The highest BCUT2D eigenvalue weighted by Crippen LogP contribution is 2.19. The normalized spacial score (nSPS) is 35.2. The van der Waals surface area contributed by atoms with Gasteiger partial charge in [-0.05, 0) is 0 Å². The van der Waals surface area contributed by atoms with Gasteiger partial charge in [-0.25, -0.2) is 0 Å².